The van der Waals surface area contributed by atoms with E-state index in [9.17, 15) is 4.79 Å². The van der Waals surface area contributed by atoms with Crippen LogP contribution in [0.25, 0.3) is 0 Å². The van der Waals surface area contributed by atoms with Gasteiger partial charge in [0.25, 0.3) is 0 Å². The zero-order valence-corrected chi connectivity index (χ0v) is 14.1. The summed E-state index contributed by atoms with van der Waals surface area (Å²) in [6, 6.07) is 15.4. The van der Waals surface area contributed by atoms with Gasteiger partial charge in [0.1, 0.15) is 5.75 Å². The van der Waals surface area contributed by atoms with Gasteiger partial charge in [-0.15, -0.1) is 0 Å². The van der Waals surface area contributed by atoms with Crippen LogP contribution in [0.4, 0.5) is 10.5 Å². The van der Waals surface area contributed by atoms with Crippen molar-refractivity contribution in [2.24, 2.45) is 0 Å². The molecule has 0 aliphatic carbocycles. The second kappa shape index (κ2) is 7.68. The number of rotatable bonds is 5. The van der Waals surface area contributed by atoms with Gasteiger partial charge in [0, 0.05) is 12.2 Å². The molecule has 0 fully saturated rings. The Kier molecular flexibility index (Phi) is 5.63. The van der Waals surface area contributed by atoms with Gasteiger partial charge in [0.15, 0.2) is 6.23 Å². The lowest BCUT2D eigenvalue weighted by Crippen LogP contribution is -2.37. The van der Waals surface area contributed by atoms with Gasteiger partial charge in [-0.2, -0.15) is 0 Å². The van der Waals surface area contributed by atoms with Crippen LogP contribution in [0.5, 0.6) is 5.75 Å². The normalized spacial score (nSPS) is 11.7. The van der Waals surface area contributed by atoms with Gasteiger partial charge in [-0.3, -0.25) is 0 Å². The van der Waals surface area contributed by atoms with E-state index in [2.05, 4.69) is 0 Å². The predicted octanol–water partition coefficient (Wildman–Crippen LogP) is 4.69. The van der Waals surface area contributed by atoms with Gasteiger partial charge < -0.3 is 14.4 Å². The van der Waals surface area contributed by atoms with Crippen LogP contribution in [0.2, 0.25) is 0 Å². The highest BCUT2D eigenvalue weighted by Crippen LogP contribution is 2.19. The minimum absolute atomic E-state index is 0.415. The zero-order valence-electron chi connectivity index (χ0n) is 14.1. The minimum Gasteiger partial charge on any atom is -0.410 e. The van der Waals surface area contributed by atoms with Gasteiger partial charge >= 0.3 is 6.16 Å². The van der Waals surface area contributed by atoms with E-state index in [1.165, 1.54) is 0 Å². The SMILES string of the molecule is CCN(c1ccccc1)C(C)OC(=O)Oc1ccc(C)c(C)c1. The quantitative estimate of drug-likeness (QED) is 0.456. The van der Waals surface area contributed by atoms with Crippen molar-refractivity contribution in [2.75, 3.05) is 11.4 Å². The third-order valence-corrected chi connectivity index (χ3v) is 3.81. The summed E-state index contributed by atoms with van der Waals surface area (Å²) in [7, 11) is 0. The Bertz CT molecular complexity index is 655. The summed E-state index contributed by atoms with van der Waals surface area (Å²) < 4.78 is 10.7. The minimum atomic E-state index is -0.699. The third kappa shape index (κ3) is 4.49. The molecule has 0 amide bonds. The lowest BCUT2D eigenvalue weighted by molar-refractivity contribution is 0.0645. The highest BCUT2D eigenvalue weighted by atomic mass is 16.7. The van der Waals surface area contributed by atoms with Crippen molar-refractivity contribution < 1.29 is 14.3 Å². The fourth-order valence-electron chi connectivity index (χ4n) is 2.37. The summed E-state index contributed by atoms with van der Waals surface area (Å²) in [5, 5.41) is 0. The van der Waals surface area contributed by atoms with Crippen LogP contribution in [0.15, 0.2) is 48.5 Å². The average Bonchev–Trinajstić information content (AvgIpc) is 2.52. The fraction of sp³-hybridized carbons (Fsp3) is 0.316. The van der Waals surface area contributed by atoms with Gasteiger partial charge in [0.2, 0.25) is 0 Å². The Labute approximate surface area is 137 Å². The van der Waals surface area contributed by atoms with E-state index in [1.807, 2.05) is 75.1 Å². The van der Waals surface area contributed by atoms with E-state index in [1.54, 1.807) is 6.07 Å². The molecule has 122 valence electrons. The number of ether oxygens (including phenoxy) is 2. The van der Waals surface area contributed by atoms with Crippen molar-refractivity contribution in [1.82, 2.24) is 0 Å². The molecule has 23 heavy (non-hydrogen) atoms. The molecule has 0 saturated carbocycles. The van der Waals surface area contributed by atoms with Crippen LogP contribution in [0.3, 0.4) is 0 Å². The maximum atomic E-state index is 12.0. The van der Waals surface area contributed by atoms with Crippen molar-refractivity contribution in [3.05, 3.63) is 59.7 Å². The molecule has 2 aromatic rings. The number of carbonyl (C=O) groups is 1. The third-order valence-electron chi connectivity index (χ3n) is 3.81. The summed E-state index contributed by atoms with van der Waals surface area (Å²) in [5.41, 5.74) is 3.23. The van der Waals surface area contributed by atoms with E-state index >= 15 is 0 Å². The Morgan fingerprint density at radius 3 is 2.39 bits per heavy atom. The summed E-state index contributed by atoms with van der Waals surface area (Å²) in [6.45, 7) is 8.56. The molecular weight excluding hydrogens is 290 g/mol. The van der Waals surface area contributed by atoms with Crippen LogP contribution < -0.4 is 9.64 Å². The molecule has 2 rings (SSSR count). The van der Waals surface area contributed by atoms with Crippen molar-refractivity contribution in [3.63, 3.8) is 0 Å². The maximum absolute atomic E-state index is 12.0. The maximum Gasteiger partial charge on any atom is 0.515 e. The van der Waals surface area contributed by atoms with E-state index < -0.39 is 12.4 Å². The number of hydrogen-bond donors (Lipinski definition) is 0. The topological polar surface area (TPSA) is 38.8 Å². The van der Waals surface area contributed by atoms with Crippen LogP contribution in [0.1, 0.15) is 25.0 Å². The predicted molar refractivity (Wildman–Crippen MR) is 91.9 cm³/mol. The summed E-state index contributed by atoms with van der Waals surface area (Å²) >= 11 is 0. The standard InChI is InChI=1S/C19H23NO3/c1-5-20(17-9-7-6-8-10-17)16(4)22-19(21)23-18-12-11-14(2)15(3)13-18/h6-13,16H,5H2,1-4H3. The van der Waals surface area contributed by atoms with E-state index in [4.69, 9.17) is 9.47 Å². The summed E-state index contributed by atoms with van der Waals surface area (Å²) in [4.78, 5) is 14.0. The number of benzene rings is 2. The summed E-state index contributed by atoms with van der Waals surface area (Å²) in [6.07, 6.45) is -1.11. The number of aryl methyl sites for hydroxylation is 2. The van der Waals surface area contributed by atoms with E-state index in [-0.39, 0.29) is 0 Å². The van der Waals surface area contributed by atoms with Crippen LogP contribution in [0, 0.1) is 13.8 Å². The molecule has 0 aromatic heterocycles. The first-order valence-electron chi connectivity index (χ1n) is 7.78. The van der Waals surface area contributed by atoms with E-state index in [0.717, 1.165) is 23.4 Å². The van der Waals surface area contributed by atoms with Crippen molar-refractivity contribution in [2.45, 2.75) is 33.9 Å². The molecular formula is C19H23NO3. The largest absolute Gasteiger partial charge is 0.515 e. The molecule has 4 heteroatoms. The van der Waals surface area contributed by atoms with E-state index in [0.29, 0.717) is 5.75 Å². The zero-order chi connectivity index (χ0) is 16.8. The number of anilines is 1. The highest BCUT2D eigenvalue weighted by molar-refractivity contribution is 5.64. The fourth-order valence-corrected chi connectivity index (χ4v) is 2.37. The molecule has 0 spiro atoms. The van der Waals surface area contributed by atoms with Crippen molar-refractivity contribution >= 4 is 11.8 Å². The summed E-state index contributed by atoms with van der Waals surface area (Å²) in [5.74, 6) is 0.494. The highest BCUT2D eigenvalue weighted by Gasteiger charge is 2.18. The van der Waals surface area contributed by atoms with Crippen molar-refractivity contribution in [3.8, 4) is 5.75 Å². The van der Waals surface area contributed by atoms with Crippen LogP contribution in [-0.4, -0.2) is 18.9 Å². The monoisotopic (exact) mass is 313 g/mol. The Morgan fingerprint density at radius 1 is 1.09 bits per heavy atom. The second-order valence-electron chi connectivity index (χ2n) is 5.44. The lowest BCUT2D eigenvalue weighted by atomic mass is 10.1. The van der Waals surface area contributed by atoms with Crippen molar-refractivity contribution in [1.29, 1.82) is 0 Å². The van der Waals surface area contributed by atoms with Crippen LogP contribution in [-0.2, 0) is 4.74 Å². The molecule has 1 unspecified atom stereocenters. The van der Waals surface area contributed by atoms with Crippen LogP contribution >= 0.6 is 0 Å². The first kappa shape index (κ1) is 16.9. The first-order valence-corrected chi connectivity index (χ1v) is 7.78. The molecule has 0 N–H and O–H groups in total. The molecule has 0 bridgehead atoms. The Hall–Kier alpha value is -2.49. The molecule has 0 aliphatic rings. The van der Waals surface area contributed by atoms with Gasteiger partial charge in [0.05, 0.1) is 0 Å². The molecule has 2 aromatic carbocycles. The van der Waals surface area contributed by atoms with Gasteiger partial charge in [-0.1, -0.05) is 24.3 Å². The lowest BCUT2D eigenvalue weighted by Gasteiger charge is -2.29. The van der Waals surface area contributed by atoms with Gasteiger partial charge in [-0.25, -0.2) is 4.79 Å². The molecule has 0 aliphatic heterocycles. The molecule has 4 nitrogen and oxygen atoms in total. The molecule has 0 saturated heterocycles. The number of hydrogen-bond acceptors (Lipinski definition) is 4. The average molecular weight is 313 g/mol. The second-order valence-corrected chi connectivity index (χ2v) is 5.44. The Balaban J connectivity index is 1.99. The van der Waals surface area contributed by atoms with Gasteiger partial charge in [-0.05, 0) is 63.1 Å². The molecule has 1 atom stereocenters. The number of nitrogens with zero attached hydrogens (tertiary/aromatic N) is 1. The first-order chi connectivity index (χ1) is 11.0. The molecule has 0 heterocycles. The molecule has 0 radical (unpaired) electrons. The smallest absolute Gasteiger partial charge is 0.410 e. The Morgan fingerprint density at radius 2 is 1.78 bits per heavy atom. The number of para-hydroxylation sites is 1. The number of carbonyl (C=O) groups excluding carboxylic acids is 1.